The van der Waals surface area contributed by atoms with Crippen molar-refractivity contribution in [3.63, 3.8) is 0 Å². The quantitative estimate of drug-likeness (QED) is 0.574. The molecule has 3 unspecified atom stereocenters. The number of ether oxygens (including phenoxy) is 1. The molecule has 2 aliphatic heterocycles. The summed E-state index contributed by atoms with van der Waals surface area (Å²) in [4.78, 5) is 14.5. The van der Waals surface area contributed by atoms with Crippen LogP contribution in [0.3, 0.4) is 0 Å². The van der Waals surface area contributed by atoms with Crippen molar-refractivity contribution in [1.29, 1.82) is 0 Å². The molecule has 0 aromatic heterocycles. The average Bonchev–Trinajstić information content (AvgIpc) is 2.76. The highest BCUT2D eigenvalue weighted by Crippen LogP contribution is 2.31. The van der Waals surface area contributed by atoms with Crippen molar-refractivity contribution in [2.24, 2.45) is 22.2 Å². The number of rotatable bonds is 4. The van der Waals surface area contributed by atoms with Crippen LogP contribution in [0.5, 0.6) is 0 Å². The zero-order chi connectivity index (χ0) is 15.7. The highest BCUT2D eigenvalue weighted by Gasteiger charge is 2.47. The molecular formula is C12H24N4O4S. The van der Waals surface area contributed by atoms with Crippen LogP contribution in [0.15, 0.2) is 0 Å². The Labute approximate surface area is 125 Å². The van der Waals surface area contributed by atoms with Gasteiger partial charge in [0.1, 0.15) is 0 Å². The number of nitrogens with two attached hydrogens (primary N) is 2. The van der Waals surface area contributed by atoms with E-state index in [9.17, 15) is 13.2 Å². The van der Waals surface area contributed by atoms with Crippen LogP contribution < -0.4 is 15.6 Å². The first-order valence-corrected chi connectivity index (χ1v) is 8.67. The van der Waals surface area contributed by atoms with Gasteiger partial charge in [-0.2, -0.15) is 8.42 Å². The van der Waals surface area contributed by atoms with Crippen molar-refractivity contribution in [3.05, 3.63) is 0 Å². The molecule has 2 fully saturated rings. The molecule has 9 heteroatoms. The molecule has 0 aliphatic carbocycles. The number of amides is 1. The van der Waals surface area contributed by atoms with Crippen LogP contribution in [0, 0.1) is 11.3 Å². The summed E-state index contributed by atoms with van der Waals surface area (Å²) in [7, 11) is -3.69. The lowest BCUT2D eigenvalue weighted by Gasteiger charge is -2.38. The van der Waals surface area contributed by atoms with Crippen molar-refractivity contribution < 1.29 is 17.9 Å². The third-order valence-corrected chi connectivity index (χ3v) is 4.95. The largest absolute Gasteiger partial charge is 0.379 e. The number of hydrogen-bond acceptors (Lipinski definition) is 5. The molecule has 3 atom stereocenters. The van der Waals surface area contributed by atoms with E-state index in [2.05, 4.69) is 4.72 Å². The first-order chi connectivity index (χ1) is 9.72. The molecule has 21 heavy (non-hydrogen) atoms. The molecule has 2 rings (SSSR count). The summed E-state index contributed by atoms with van der Waals surface area (Å²) < 4.78 is 29.5. The summed E-state index contributed by atoms with van der Waals surface area (Å²) in [6, 6.07) is -0.298. The van der Waals surface area contributed by atoms with Gasteiger partial charge in [-0.3, -0.25) is 4.79 Å². The lowest BCUT2D eigenvalue weighted by Crippen LogP contribution is -2.54. The summed E-state index contributed by atoms with van der Waals surface area (Å²) in [6.07, 6.45) is 1.71. The average molecular weight is 320 g/mol. The maximum absolute atomic E-state index is 12.7. The van der Waals surface area contributed by atoms with Crippen molar-refractivity contribution in [1.82, 2.24) is 9.62 Å². The summed E-state index contributed by atoms with van der Waals surface area (Å²) in [5.74, 6) is 0.0657. The van der Waals surface area contributed by atoms with E-state index in [1.54, 1.807) is 4.90 Å². The number of hydrogen-bond donors (Lipinski definition) is 3. The molecule has 5 N–H and O–H groups in total. The second-order valence-electron chi connectivity index (χ2n) is 6.19. The van der Waals surface area contributed by atoms with Gasteiger partial charge in [-0.05, 0) is 25.7 Å². The van der Waals surface area contributed by atoms with Gasteiger partial charge in [0.25, 0.3) is 10.2 Å². The minimum atomic E-state index is -3.69. The van der Waals surface area contributed by atoms with Crippen LogP contribution in [-0.2, 0) is 19.7 Å². The summed E-state index contributed by atoms with van der Waals surface area (Å²) >= 11 is 0. The monoisotopic (exact) mass is 320 g/mol. The van der Waals surface area contributed by atoms with E-state index in [-0.39, 0.29) is 24.4 Å². The number of nitrogens with zero attached hydrogens (tertiary/aromatic N) is 1. The Morgan fingerprint density at radius 1 is 1.52 bits per heavy atom. The Morgan fingerprint density at radius 3 is 2.81 bits per heavy atom. The number of carbonyl (C=O) groups is 1. The van der Waals surface area contributed by atoms with E-state index in [1.807, 2.05) is 6.92 Å². The summed E-state index contributed by atoms with van der Waals surface area (Å²) in [5.41, 5.74) is 5.31. The van der Waals surface area contributed by atoms with E-state index in [4.69, 9.17) is 15.6 Å². The number of piperidine rings is 1. The predicted octanol–water partition coefficient (Wildman–Crippen LogP) is -1.62. The zero-order valence-corrected chi connectivity index (χ0v) is 13.1. The number of likely N-dealkylation sites (tertiary alicyclic amines) is 1. The van der Waals surface area contributed by atoms with Crippen molar-refractivity contribution in [2.75, 3.05) is 32.8 Å². The Balaban J connectivity index is 1.96. The van der Waals surface area contributed by atoms with Crippen LogP contribution in [0.25, 0.3) is 0 Å². The third kappa shape index (κ3) is 3.92. The topological polar surface area (TPSA) is 128 Å². The number of nitrogens with one attached hydrogen (secondary N) is 1. The van der Waals surface area contributed by atoms with Gasteiger partial charge < -0.3 is 15.4 Å². The molecule has 2 heterocycles. The molecule has 2 aliphatic rings. The SMILES string of the molecule is CC1(C(=O)N2CCCC(CNS(N)(=O)=O)C2)COCC1N. The van der Waals surface area contributed by atoms with Gasteiger partial charge in [0.2, 0.25) is 5.91 Å². The van der Waals surface area contributed by atoms with Crippen molar-refractivity contribution >= 4 is 16.1 Å². The van der Waals surface area contributed by atoms with E-state index < -0.39 is 15.6 Å². The van der Waals surface area contributed by atoms with Gasteiger partial charge in [0, 0.05) is 25.7 Å². The smallest absolute Gasteiger partial charge is 0.274 e. The Kier molecular flexibility index (Phi) is 4.89. The standard InChI is InChI=1S/C12H24N4O4S/c1-12(8-20-7-10(12)13)11(17)16-4-2-3-9(6-16)5-15-21(14,18)19/h9-10,15H,2-8,13H2,1H3,(H2,14,18,19). The maximum Gasteiger partial charge on any atom is 0.274 e. The second-order valence-corrected chi connectivity index (χ2v) is 7.57. The summed E-state index contributed by atoms with van der Waals surface area (Å²) in [6.45, 7) is 4.01. The normalized spacial score (nSPS) is 34.1. The molecule has 0 radical (unpaired) electrons. The van der Waals surface area contributed by atoms with Crippen LogP contribution >= 0.6 is 0 Å². The van der Waals surface area contributed by atoms with Crippen LogP contribution in [0.1, 0.15) is 19.8 Å². The lowest BCUT2D eigenvalue weighted by molar-refractivity contribution is -0.143. The molecule has 0 bridgehead atoms. The third-order valence-electron chi connectivity index (χ3n) is 4.39. The predicted molar refractivity (Wildman–Crippen MR) is 77.3 cm³/mol. The Bertz CT molecular complexity index is 497. The van der Waals surface area contributed by atoms with Crippen molar-refractivity contribution in [2.45, 2.75) is 25.8 Å². The molecule has 0 spiro atoms. The zero-order valence-electron chi connectivity index (χ0n) is 12.2. The molecule has 2 saturated heterocycles. The van der Waals surface area contributed by atoms with Crippen LogP contribution in [-0.4, -0.2) is 58.1 Å². The summed E-state index contributed by atoms with van der Waals surface area (Å²) in [5, 5.41) is 4.93. The fourth-order valence-electron chi connectivity index (χ4n) is 2.92. The molecule has 8 nitrogen and oxygen atoms in total. The van der Waals surface area contributed by atoms with Gasteiger partial charge in [-0.15, -0.1) is 0 Å². The second kappa shape index (κ2) is 6.17. The van der Waals surface area contributed by atoms with Gasteiger partial charge in [0.15, 0.2) is 0 Å². The Hall–Kier alpha value is -0.740. The fourth-order valence-corrected chi connectivity index (χ4v) is 3.39. The van der Waals surface area contributed by atoms with E-state index in [0.29, 0.717) is 26.3 Å². The lowest BCUT2D eigenvalue weighted by atomic mass is 9.83. The molecule has 0 aromatic carbocycles. The molecular weight excluding hydrogens is 296 g/mol. The maximum atomic E-state index is 12.7. The first-order valence-electron chi connectivity index (χ1n) is 7.12. The Morgan fingerprint density at radius 2 is 2.24 bits per heavy atom. The first kappa shape index (κ1) is 16.6. The van der Waals surface area contributed by atoms with Crippen LogP contribution in [0.2, 0.25) is 0 Å². The highest BCUT2D eigenvalue weighted by molar-refractivity contribution is 7.87. The van der Waals surface area contributed by atoms with Gasteiger partial charge >= 0.3 is 0 Å². The van der Waals surface area contributed by atoms with Gasteiger partial charge in [-0.25, -0.2) is 9.86 Å². The van der Waals surface area contributed by atoms with E-state index >= 15 is 0 Å². The highest BCUT2D eigenvalue weighted by atomic mass is 32.2. The molecule has 0 saturated carbocycles. The fraction of sp³-hybridized carbons (Fsp3) is 0.917. The van der Waals surface area contributed by atoms with Crippen molar-refractivity contribution in [3.8, 4) is 0 Å². The number of carbonyl (C=O) groups excluding carboxylic acids is 1. The van der Waals surface area contributed by atoms with Gasteiger partial charge in [0.05, 0.1) is 18.6 Å². The molecule has 122 valence electrons. The van der Waals surface area contributed by atoms with E-state index in [0.717, 1.165) is 12.8 Å². The van der Waals surface area contributed by atoms with Gasteiger partial charge in [-0.1, -0.05) is 0 Å². The molecule has 1 amide bonds. The van der Waals surface area contributed by atoms with E-state index in [1.165, 1.54) is 0 Å². The minimum Gasteiger partial charge on any atom is -0.379 e. The minimum absolute atomic E-state index is 0.00666. The molecule has 0 aromatic rings. The van der Waals surface area contributed by atoms with Crippen LogP contribution in [0.4, 0.5) is 0 Å².